The zero-order chi connectivity index (χ0) is 18.5. The number of methoxy groups -OCH3 is 1. The molecule has 1 amide bonds. The number of hydrogen-bond acceptors (Lipinski definition) is 5. The molecule has 1 atom stereocenters. The van der Waals surface area contributed by atoms with Crippen molar-refractivity contribution in [3.8, 4) is 11.6 Å². The van der Waals surface area contributed by atoms with E-state index in [4.69, 9.17) is 9.47 Å². The van der Waals surface area contributed by atoms with Crippen molar-refractivity contribution in [3.63, 3.8) is 0 Å². The predicted molar refractivity (Wildman–Crippen MR) is 98.5 cm³/mol. The Bertz CT molecular complexity index is 892. The van der Waals surface area contributed by atoms with Crippen LogP contribution in [-0.2, 0) is 9.53 Å². The number of imidazole rings is 1. The average molecular weight is 354 g/mol. The van der Waals surface area contributed by atoms with Gasteiger partial charge in [-0.3, -0.25) is 9.36 Å². The summed E-state index contributed by atoms with van der Waals surface area (Å²) in [5, 5.41) is 2.89. The molecule has 0 radical (unpaired) electrons. The van der Waals surface area contributed by atoms with Crippen molar-refractivity contribution in [2.24, 2.45) is 0 Å². The topological polar surface area (TPSA) is 78.3 Å². The highest BCUT2D eigenvalue weighted by molar-refractivity contribution is 5.76. The predicted octanol–water partition coefficient (Wildman–Crippen LogP) is 2.64. The number of para-hydroxylation sites is 1. The van der Waals surface area contributed by atoms with Crippen LogP contribution in [0.3, 0.4) is 0 Å². The van der Waals surface area contributed by atoms with Crippen LogP contribution >= 0.6 is 0 Å². The van der Waals surface area contributed by atoms with Gasteiger partial charge in [0.25, 0.3) is 0 Å². The van der Waals surface area contributed by atoms with Crippen molar-refractivity contribution in [2.45, 2.75) is 19.9 Å². The Morgan fingerprint density at radius 1 is 1.15 bits per heavy atom. The first-order valence-corrected chi connectivity index (χ1v) is 8.44. The normalized spacial score (nSPS) is 12.1. The largest absolute Gasteiger partial charge is 0.475 e. The van der Waals surface area contributed by atoms with Gasteiger partial charge in [-0.2, -0.15) is 4.98 Å². The number of carbonyl (C=O) groups is 1. The van der Waals surface area contributed by atoms with Crippen LogP contribution in [0.1, 0.15) is 25.7 Å². The van der Waals surface area contributed by atoms with Gasteiger partial charge in [-0.05, 0) is 25.1 Å². The zero-order valence-corrected chi connectivity index (χ0v) is 15.1. The van der Waals surface area contributed by atoms with Crippen LogP contribution in [0.25, 0.3) is 16.9 Å². The molecule has 0 saturated heterocycles. The van der Waals surface area contributed by atoms with Crippen LogP contribution in [0.5, 0.6) is 5.88 Å². The molecule has 0 spiro atoms. The molecular weight excluding hydrogens is 332 g/mol. The molecule has 0 saturated carbocycles. The van der Waals surface area contributed by atoms with E-state index in [9.17, 15) is 4.79 Å². The number of nitrogens with one attached hydrogen (secondary N) is 1. The summed E-state index contributed by atoms with van der Waals surface area (Å²) in [4.78, 5) is 20.8. The van der Waals surface area contributed by atoms with Crippen molar-refractivity contribution < 1.29 is 14.3 Å². The van der Waals surface area contributed by atoms with Crippen molar-refractivity contribution in [1.29, 1.82) is 0 Å². The van der Waals surface area contributed by atoms with Gasteiger partial charge in [-0.1, -0.05) is 18.2 Å². The van der Waals surface area contributed by atoms with Crippen molar-refractivity contribution in [2.75, 3.05) is 20.3 Å². The number of benzene rings is 1. The van der Waals surface area contributed by atoms with E-state index in [0.717, 1.165) is 11.2 Å². The summed E-state index contributed by atoms with van der Waals surface area (Å²) in [5.41, 5.74) is 2.34. The molecule has 0 aliphatic heterocycles. The minimum Gasteiger partial charge on any atom is -0.475 e. The van der Waals surface area contributed by atoms with Crippen molar-refractivity contribution in [3.05, 3.63) is 48.3 Å². The highest BCUT2D eigenvalue weighted by atomic mass is 16.5. The van der Waals surface area contributed by atoms with Crippen molar-refractivity contribution >= 4 is 17.1 Å². The van der Waals surface area contributed by atoms with Crippen LogP contribution in [0.2, 0.25) is 0 Å². The maximum absolute atomic E-state index is 11.5. The van der Waals surface area contributed by atoms with Gasteiger partial charge in [-0.15, -0.1) is 0 Å². The van der Waals surface area contributed by atoms with Gasteiger partial charge in [0.1, 0.15) is 17.9 Å². The first-order valence-electron chi connectivity index (χ1n) is 8.44. The standard InChI is InChI=1S/C19H22N4O3/c1-13(20-14(2)24)18-21-16-9-10-17(26-12-11-25-3)22-19(16)23(18)15-7-5-4-6-8-15/h4-10,13H,11-12H2,1-3H3,(H,20,24)/t13-/m0/s1. The van der Waals surface area contributed by atoms with Gasteiger partial charge in [0.15, 0.2) is 5.65 Å². The molecule has 3 rings (SSSR count). The van der Waals surface area contributed by atoms with Gasteiger partial charge in [0.05, 0.1) is 12.6 Å². The fraction of sp³-hybridized carbons (Fsp3) is 0.316. The number of amides is 1. The van der Waals surface area contributed by atoms with E-state index in [1.165, 1.54) is 6.92 Å². The Kier molecular flexibility index (Phi) is 5.48. The number of fused-ring (bicyclic) bond motifs is 1. The minimum atomic E-state index is -0.264. The average Bonchev–Trinajstić information content (AvgIpc) is 3.01. The molecule has 0 aliphatic carbocycles. The fourth-order valence-corrected chi connectivity index (χ4v) is 2.76. The van der Waals surface area contributed by atoms with E-state index in [1.807, 2.05) is 47.9 Å². The van der Waals surface area contributed by atoms with Gasteiger partial charge in [0.2, 0.25) is 11.8 Å². The molecular formula is C19H22N4O3. The highest BCUT2D eigenvalue weighted by Crippen LogP contribution is 2.25. The smallest absolute Gasteiger partial charge is 0.217 e. The minimum absolute atomic E-state index is 0.110. The lowest BCUT2D eigenvalue weighted by Crippen LogP contribution is -2.26. The highest BCUT2D eigenvalue weighted by Gasteiger charge is 2.20. The first kappa shape index (κ1) is 17.9. The number of rotatable bonds is 7. The van der Waals surface area contributed by atoms with E-state index < -0.39 is 0 Å². The summed E-state index contributed by atoms with van der Waals surface area (Å²) < 4.78 is 12.6. The summed E-state index contributed by atoms with van der Waals surface area (Å²) in [6.45, 7) is 4.30. The van der Waals surface area contributed by atoms with Gasteiger partial charge < -0.3 is 14.8 Å². The van der Waals surface area contributed by atoms with Gasteiger partial charge >= 0.3 is 0 Å². The third kappa shape index (κ3) is 3.83. The van der Waals surface area contributed by atoms with E-state index in [-0.39, 0.29) is 11.9 Å². The molecule has 2 aromatic heterocycles. The summed E-state index contributed by atoms with van der Waals surface area (Å²) in [6.07, 6.45) is 0. The Morgan fingerprint density at radius 2 is 1.92 bits per heavy atom. The van der Waals surface area contributed by atoms with Gasteiger partial charge in [-0.25, -0.2) is 4.98 Å². The van der Waals surface area contributed by atoms with Crippen LogP contribution in [0.15, 0.2) is 42.5 Å². The van der Waals surface area contributed by atoms with E-state index in [1.54, 1.807) is 13.2 Å². The molecule has 2 heterocycles. The SMILES string of the molecule is COCCOc1ccc2nc([C@H](C)NC(C)=O)n(-c3ccccc3)c2n1. The Morgan fingerprint density at radius 3 is 2.62 bits per heavy atom. The third-order valence-electron chi connectivity index (χ3n) is 3.86. The molecule has 7 heteroatoms. The lowest BCUT2D eigenvalue weighted by molar-refractivity contribution is -0.119. The number of carbonyl (C=O) groups excluding carboxylic acids is 1. The lowest BCUT2D eigenvalue weighted by atomic mass is 10.2. The Balaban J connectivity index is 2.09. The van der Waals surface area contributed by atoms with Crippen LogP contribution in [-0.4, -0.2) is 40.8 Å². The van der Waals surface area contributed by atoms with E-state index in [2.05, 4.69) is 15.3 Å². The maximum atomic E-state index is 11.5. The number of ether oxygens (including phenoxy) is 2. The van der Waals surface area contributed by atoms with E-state index >= 15 is 0 Å². The molecule has 3 aromatic rings. The summed E-state index contributed by atoms with van der Waals surface area (Å²) in [7, 11) is 1.63. The molecule has 0 bridgehead atoms. The number of hydrogen-bond donors (Lipinski definition) is 1. The van der Waals surface area contributed by atoms with Crippen molar-refractivity contribution in [1.82, 2.24) is 19.9 Å². The number of aromatic nitrogens is 3. The molecule has 1 aromatic carbocycles. The second kappa shape index (κ2) is 7.97. The Labute approximate surface area is 152 Å². The van der Waals surface area contributed by atoms with E-state index in [0.29, 0.717) is 30.6 Å². The van der Waals surface area contributed by atoms with Gasteiger partial charge in [0, 0.05) is 25.8 Å². The molecule has 0 aliphatic rings. The summed E-state index contributed by atoms with van der Waals surface area (Å²) in [5.74, 6) is 1.11. The molecule has 26 heavy (non-hydrogen) atoms. The second-order valence-corrected chi connectivity index (χ2v) is 5.90. The zero-order valence-electron chi connectivity index (χ0n) is 15.1. The molecule has 1 N–H and O–H groups in total. The maximum Gasteiger partial charge on any atom is 0.217 e. The van der Waals surface area contributed by atoms with Crippen LogP contribution in [0.4, 0.5) is 0 Å². The summed E-state index contributed by atoms with van der Waals surface area (Å²) >= 11 is 0. The monoisotopic (exact) mass is 354 g/mol. The number of nitrogens with zero attached hydrogens (tertiary/aromatic N) is 3. The molecule has 136 valence electrons. The third-order valence-corrected chi connectivity index (χ3v) is 3.86. The van der Waals surface area contributed by atoms with Crippen LogP contribution in [0, 0.1) is 0 Å². The quantitative estimate of drug-likeness (QED) is 0.660. The second-order valence-electron chi connectivity index (χ2n) is 5.90. The fourth-order valence-electron chi connectivity index (χ4n) is 2.76. The number of pyridine rings is 1. The summed E-state index contributed by atoms with van der Waals surface area (Å²) in [6, 6.07) is 13.2. The molecule has 7 nitrogen and oxygen atoms in total. The van der Waals surface area contributed by atoms with Crippen LogP contribution < -0.4 is 10.1 Å². The Hall–Kier alpha value is -2.93. The first-order chi connectivity index (χ1) is 12.6. The lowest BCUT2D eigenvalue weighted by Gasteiger charge is -2.15. The molecule has 0 fully saturated rings. The molecule has 0 unspecified atom stereocenters.